The van der Waals surface area contributed by atoms with E-state index in [0.717, 1.165) is 46.3 Å². The Morgan fingerprint density at radius 3 is 3.08 bits per heavy atom. The number of carbonyl (C=O) groups excluding carboxylic acids is 1. The van der Waals surface area contributed by atoms with Crippen molar-refractivity contribution in [3.63, 3.8) is 0 Å². The molecule has 26 heavy (non-hydrogen) atoms. The number of carbonyl (C=O) groups is 1. The summed E-state index contributed by atoms with van der Waals surface area (Å²) in [5.41, 5.74) is 2.86. The molecule has 0 radical (unpaired) electrons. The van der Waals surface area contributed by atoms with E-state index >= 15 is 0 Å². The molecule has 1 aliphatic rings. The van der Waals surface area contributed by atoms with Crippen molar-refractivity contribution in [2.45, 2.75) is 39.5 Å². The molecule has 6 heteroatoms. The molecular weight excluding hydrogens is 346 g/mol. The van der Waals surface area contributed by atoms with Gasteiger partial charge in [0.2, 0.25) is 5.91 Å². The zero-order valence-corrected chi connectivity index (χ0v) is 15.7. The van der Waals surface area contributed by atoms with Crippen LogP contribution in [0.1, 0.15) is 35.2 Å². The molecular formula is C20H21N3O2S. The van der Waals surface area contributed by atoms with Gasteiger partial charge in [0.1, 0.15) is 10.7 Å². The Balaban J connectivity index is 1.59. The van der Waals surface area contributed by atoms with Gasteiger partial charge in [0.25, 0.3) is 5.56 Å². The maximum Gasteiger partial charge on any atom is 0.259 e. The number of amides is 1. The quantitative estimate of drug-likeness (QED) is 0.743. The molecule has 0 spiro atoms. The largest absolute Gasteiger partial charge is 0.326 e. The van der Waals surface area contributed by atoms with Crippen LogP contribution < -0.4 is 10.9 Å². The van der Waals surface area contributed by atoms with Gasteiger partial charge in [-0.1, -0.05) is 19.1 Å². The van der Waals surface area contributed by atoms with Crippen molar-refractivity contribution in [2.24, 2.45) is 5.92 Å². The fraction of sp³-hybridized carbons (Fsp3) is 0.350. The van der Waals surface area contributed by atoms with Gasteiger partial charge in [0.05, 0.1) is 11.8 Å². The predicted octanol–water partition coefficient (Wildman–Crippen LogP) is 3.60. The van der Waals surface area contributed by atoms with Gasteiger partial charge in [-0.05, 0) is 55.4 Å². The standard InChI is InChI=1S/C20H21N3O2S/c1-11-4-3-5-13(8-11)21-17(24)10-16-22-19(25)18-14-7-6-12(2)9-15(14)26-20(18)23-16/h3-5,8,12H,6-7,9-10H2,1-2H3,(H,21,24)(H,22,23,25). The Kier molecular flexibility index (Phi) is 4.36. The number of nitrogens with zero attached hydrogens (tertiary/aromatic N) is 1. The van der Waals surface area contributed by atoms with E-state index < -0.39 is 0 Å². The fourth-order valence-corrected chi connectivity index (χ4v) is 4.96. The van der Waals surface area contributed by atoms with E-state index in [4.69, 9.17) is 0 Å². The maximum atomic E-state index is 12.6. The van der Waals surface area contributed by atoms with Gasteiger partial charge in [0, 0.05) is 10.6 Å². The van der Waals surface area contributed by atoms with Gasteiger partial charge in [-0.3, -0.25) is 9.59 Å². The van der Waals surface area contributed by atoms with Gasteiger partial charge in [-0.2, -0.15) is 0 Å². The van der Waals surface area contributed by atoms with Crippen LogP contribution in [0.15, 0.2) is 29.1 Å². The summed E-state index contributed by atoms with van der Waals surface area (Å²) in [5, 5.41) is 3.58. The molecule has 0 aliphatic heterocycles. The third kappa shape index (κ3) is 3.29. The highest BCUT2D eigenvalue weighted by molar-refractivity contribution is 7.18. The second-order valence-electron chi connectivity index (χ2n) is 7.14. The number of hydrogen-bond acceptors (Lipinski definition) is 4. The third-order valence-electron chi connectivity index (χ3n) is 4.84. The van der Waals surface area contributed by atoms with E-state index in [-0.39, 0.29) is 17.9 Å². The number of anilines is 1. The van der Waals surface area contributed by atoms with Crippen molar-refractivity contribution in [3.05, 3.63) is 56.4 Å². The summed E-state index contributed by atoms with van der Waals surface area (Å²) in [6.45, 7) is 4.22. The topological polar surface area (TPSA) is 74.8 Å². The van der Waals surface area contributed by atoms with Crippen molar-refractivity contribution in [2.75, 3.05) is 5.32 Å². The molecule has 4 rings (SSSR count). The molecule has 1 aromatic carbocycles. The number of hydrogen-bond donors (Lipinski definition) is 2. The molecule has 1 atom stereocenters. The van der Waals surface area contributed by atoms with Gasteiger partial charge < -0.3 is 10.3 Å². The lowest BCUT2D eigenvalue weighted by Crippen LogP contribution is -2.20. The van der Waals surface area contributed by atoms with Crippen LogP contribution in [0.25, 0.3) is 10.2 Å². The number of aryl methyl sites for hydroxylation is 2. The average molecular weight is 367 g/mol. The number of benzene rings is 1. The molecule has 1 amide bonds. The smallest absolute Gasteiger partial charge is 0.259 e. The highest BCUT2D eigenvalue weighted by Gasteiger charge is 2.23. The number of rotatable bonds is 3. The third-order valence-corrected chi connectivity index (χ3v) is 5.99. The Morgan fingerprint density at radius 1 is 1.42 bits per heavy atom. The van der Waals surface area contributed by atoms with Gasteiger partial charge in [-0.25, -0.2) is 4.98 Å². The lowest BCUT2D eigenvalue weighted by molar-refractivity contribution is -0.115. The second-order valence-corrected chi connectivity index (χ2v) is 8.22. The van der Waals surface area contributed by atoms with E-state index in [1.165, 1.54) is 4.88 Å². The number of thiophene rings is 1. The SMILES string of the molecule is Cc1cccc(NC(=O)Cc2nc3sc4c(c3c(=O)[nH]2)CCC(C)C4)c1. The molecule has 1 aliphatic carbocycles. The van der Waals surface area contributed by atoms with Crippen molar-refractivity contribution in [1.82, 2.24) is 9.97 Å². The molecule has 0 fully saturated rings. The summed E-state index contributed by atoms with van der Waals surface area (Å²) >= 11 is 1.60. The van der Waals surface area contributed by atoms with E-state index in [2.05, 4.69) is 22.2 Å². The van der Waals surface area contributed by atoms with Crippen LogP contribution in [-0.4, -0.2) is 15.9 Å². The molecule has 0 saturated carbocycles. The summed E-state index contributed by atoms with van der Waals surface area (Å²) in [6.07, 6.45) is 3.12. The molecule has 5 nitrogen and oxygen atoms in total. The van der Waals surface area contributed by atoms with Crippen molar-refractivity contribution in [3.8, 4) is 0 Å². The molecule has 2 heterocycles. The number of aromatic amines is 1. The average Bonchev–Trinajstić information content (AvgIpc) is 2.92. The van der Waals surface area contributed by atoms with Crippen LogP contribution in [0, 0.1) is 12.8 Å². The van der Waals surface area contributed by atoms with Crippen LogP contribution in [0.5, 0.6) is 0 Å². The molecule has 2 N–H and O–H groups in total. The zero-order chi connectivity index (χ0) is 18.3. The highest BCUT2D eigenvalue weighted by Crippen LogP contribution is 2.35. The predicted molar refractivity (Wildman–Crippen MR) is 105 cm³/mol. The summed E-state index contributed by atoms with van der Waals surface area (Å²) in [6, 6.07) is 7.63. The Bertz CT molecular complexity index is 1050. The maximum absolute atomic E-state index is 12.6. The van der Waals surface area contributed by atoms with Gasteiger partial charge in [0.15, 0.2) is 0 Å². The minimum absolute atomic E-state index is 0.0537. The van der Waals surface area contributed by atoms with Crippen molar-refractivity contribution < 1.29 is 4.79 Å². The van der Waals surface area contributed by atoms with E-state index in [0.29, 0.717) is 11.7 Å². The number of fused-ring (bicyclic) bond motifs is 3. The van der Waals surface area contributed by atoms with E-state index in [1.54, 1.807) is 11.3 Å². The monoisotopic (exact) mass is 367 g/mol. The molecule has 2 aromatic heterocycles. The van der Waals surface area contributed by atoms with E-state index in [1.807, 2.05) is 31.2 Å². The highest BCUT2D eigenvalue weighted by atomic mass is 32.1. The van der Waals surface area contributed by atoms with Crippen LogP contribution in [-0.2, 0) is 24.1 Å². The molecule has 3 aromatic rings. The number of aromatic nitrogens is 2. The van der Waals surface area contributed by atoms with Crippen LogP contribution in [0.3, 0.4) is 0 Å². The normalized spacial score (nSPS) is 16.5. The number of nitrogens with one attached hydrogen (secondary N) is 2. The van der Waals surface area contributed by atoms with E-state index in [9.17, 15) is 9.59 Å². The minimum Gasteiger partial charge on any atom is -0.326 e. The molecule has 0 bridgehead atoms. The van der Waals surface area contributed by atoms with Crippen molar-refractivity contribution in [1.29, 1.82) is 0 Å². The Morgan fingerprint density at radius 2 is 2.27 bits per heavy atom. The summed E-state index contributed by atoms with van der Waals surface area (Å²) < 4.78 is 0. The summed E-state index contributed by atoms with van der Waals surface area (Å²) in [4.78, 5) is 34.3. The summed E-state index contributed by atoms with van der Waals surface area (Å²) in [5.74, 6) is 0.876. The van der Waals surface area contributed by atoms with Crippen LogP contribution in [0.4, 0.5) is 5.69 Å². The van der Waals surface area contributed by atoms with Crippen LogP contribution >= 0.6 is 11.3 Å². The summed E-state index contributed by atoms with van der Waals surface area (Å²) in [7, 11) is 0. The molecule has 134 valence electrons. The van der Waals surface area contributed by atoms with Crippen molar-refractivity contribution >= 4 is 33.1 Å². The lowest BCUT2D eigenvalue weighted by Gasteiger charge is -2.17. The zero-order valence-electron chi connectivity index (χ0n) is 14.9. The first-order valence-corrected chi connectivity index (χ1v) is 9.71. The Hall–Kier alpha value is -2.47. The van der Waals surface area contributed by atoms with Gasteiger partial charge >= 0.3 is 0 Å². The van der Waals surface area contributed by atoms with Gasteiger partial charge in [-0.15, -0.1) is 11.3 Å². The van der Waals surface area contributed by atoms with Crippen LogP contribution in [0.2, 0.25) is 0 Å². The first-order chi connectivity index (χ1) is 12.5. The lowest BCUT2D eigenvalue weighted by atomic mass is 9.89. The minimum atomic E-state index is -0.187. The fourth-order valence-electron chi connectivity index (χ4n) is 3.56. The first kappa shape index (κ1) is 17.0. The molecule has 0 saturated heterocycles. The molecule has 1 unspecified atom stereocenters. The number of H-pyrrole nitrogens is 1. The second kappa shape index (κ2) is 6.68. The first-order valence-electron chi connectivity index (χ1n) is 8.89. The Labute approximate surface area is 155 Å².